The van der Waals surface area contributed by atoms with Crippen LogP contribution >= 0.6 is 0 Å². The van der Waals surface area contributed by atoms with E-state index in [-0.39, 0.29) is 17.6 Å². The zero-order valence-corrected chi connectivity index (χ0v) is 9.03. The maximum Gasteiger partial charge on any atom is 0.220 e. The normalized spacial score (nSPS) is 17.4. The molecule has 86 valence electrons. The number of hydrogen-bond donors (Lipinski definition) is 1. The lowest BCUT2D eigenvalue weighted by Crippen LogP contribution is -2.38. The van der Waals surface area contributed by atoms with Crippen LogP contribution in [0.1, 0.15) is 12.8 Å². The van der Waals surface area contributed by atoms with Gasteiger partial charge >= 0.3 is 0 Å². The van der Waals surface area contributed by atoms with Gasteiger partial charge in [0.2, 0.25) is 5.91 Å². The monoisotopic (exact) mass is 222 g/mol. The third-order valence-electron chi connectivity index (χ3n) is 3.07. The summed E-state index contributed by atoms with van der Waals surface area (Å²) in [5, 5.41) is 0. The Morgan fingerprint density at radius 2 is 2.06 bits per heavy atom. The summed E-state index contributed by atoms with van der Waals surface area (Å²) in [6.45, 7) is 1.52. The van der Waals surface area contributed by atoms with E-state index in [1.165, 1.54) is 12.1 Å². The van der Waals surface area contributed by atoms with Gasteiger partial charge in [0, 0.05) is 24.7 Å². The van der Waals surface area contributed by atoms with E-state index in [4.69, 9.17) is 5.73 Å². The molecule has 0 aromatic heterocycles. The number of primary amides is 1. The average Bonchev–Trinajstić information content (AvgIpc) is 2.29. The molecule has 2 N–H and O–H groups in total. The van der Waals surface area contributed by atoms with Crippen molar-refractivity contribution in [1.82, 2.24) is 0 Å². The van der Waals surface area contributed by atoms with E-state index in [0.717, 1.165) is 31.6 Å². The number of anilines is 1. The third kappa shape index (κ3) is 2.32. The molecule has 0 aliphatic carbocycles. The van der Waals surface area contributed by atoms with E-state index in [9.17, 15) is 9.18 Å². The predicted molar refractivity (Wildman–Crippen MR) is 60.5 cm³/mol. The third-order valence-corrected chi connectivity index (χ3v) is 3.07. The molecule has 1 heterocycles. The van der Waals surface area contributed by atoms with E-state index < -0.39 is 0 Å². The van der Waals surface area contributed by atoms with Crippen LogP contribution in [-0.2, 0) is 4.79 Å². The fourth-order valence-corrected chi connectivity index (χ4v) is 2.10. The van der Waals surface area contributed by atoms with Gasteiger partial charge in [0.05, 0.1) is 0 Å². The molecule has 0 unspecified atom stereocenters. The number of amides is 1. The molecule has 0 spiro atoms. The lowest BCUT2D eigenvalue weighted by Gasteiger charge is -2.32. The molecule has 1 amide bonds. The summed E-state index contributed by atoms with van der Waals surface area (Å²) in [6.07, 6.45) is 1.51. The second-order valence-electron chi connectivity index (χ2n) is 4.14. The molecular formula is C12H15FN2O. The van der Waals surface area contributed by atoms with Crippen molar-refractivity contribution in [2.24, 2.45) is 11.7 Å². The summed E-state index contributed by atoms with van der Waals surface area (Å²) >= 11 is 0. The van der Waals surface area contributed by atoms with Crippen LogP contribution in [0.15, 0.2) is 24.3 Å². The molecule has 1 saturated heterocycles. The standard InChI is InChI=1S/C12H15FN2O/c13-10-2-1-3-11(8-10)15-6-4-9(5-7-15)12(14)16/h1-3,8-9H,4-7H2,(H2,14,16). The number of benzene rings is 1. The van der Waals surface area contributed by atoms with Gasteiger partial charge in [-0.1, -0.05) is 6.07 Å². The first-order valence-corrected chi connectivity index (χ1v) is 5.46. The van der Waals surface area contributed by atoms with Crippen LogP contribution in [0, 0.1) is 11.7 Å². The van der Waals surface area contributed by atoms with Gasteiger partial charge in [0.25, 0.3) is 0 Å². The van der Waals surface area contributed by atoms with Crippen molar-refractivity contribution in [2.45, 2.75) is 12.8 Å². The average molecular weight is 222 g/mol. The highest BCUT2D eigenvalue weighted by Gasteiger charge is 2.23. The molecule has 1 aromatic rings. The summed E-state index contributed by atoms with van der Waals surface area (Å²) in [5.41, 5.74) is 6.14. The highest BCUT2D eigenvalue weighted by Crippen LogP contribution is 2.23. The smallest absolute Gasteiger partial charge is 0.220 e. The highest BCUT2D eigenvalue weighted by molar-refractivity contribution is 5.77. The molecule has 0 bridgehead atoms. The number of halogens is 1. The Hall–Kier alpha value is -1.58. The first-order valence-electron chi connectivity index (χ1n) is 5.46. The van der Waals surface area contributed by atoms with E-state index in [2.05, 4.69) is 4.90 Å². The Morgan fingerprint density at radius 3 is 2.62 bits per heavy atom. The SMILES string of the molecule is NC(=O)C1CCN(c2cccc(F)c2)CC1. The predicted octanol–water partition coefficient (Wildman–Crippen LogP) is 1.53. The number of carbonyl (C=O) groups is 1. The molecule has 3 nitrogen and oxygen atoms in total. The maximum atomic E-state index is 13.0. The summed E-state index contributed by atoms with van der Waals surface area (Å²) in [5.74, 6) is -0.474. The topological polar surface area (TPSA) is 46.3 Å². The van der Waals surface area contributed by atoms with Gasteiger partial charge in [-0.05, 0) is 31.0 Å². The molecule has 1 fully saturated rings. The quantitative estimate of drug-likeness (QED) is 0.824. The summed E-state index contributed by atoms with van der Waals surface area (Å²) < 4.78 is 13.0. The largest absolute Gasteiger partial charge is 0.371 e. The van der Waals surface area contributed by atoms with E-state index >= 15 is 0 Å². The van der Waals surface area contributed by atoms with Gasteiger partial charge in [-0.3, -0.25) is 4.79 Å². The maximum absolute atomic E-state index is 13.0. The van der Waals surface area contributed by atoms with Crippen LogP contribution in [0.4, 0.5) is 10.1 Å². The number of carbonyl (C=O) groups excluding carboxylic acids is 1. The van der Waals surface area contributed by atoms with Gasteiger partial charge in [-0.15, -0.1) is 0 Å². The first-order chi connectivity index (χ1) is 7.66. The number of nitrogens with two attached hydrogens (primary N) is 1. The first kappa shape index (κ1) is 10.9. The van der Waals surface area contributed by atoms with Crippen LogP contribution in [0.3, 0.4) is 0 Å². The molecule has 1 aliphatic heterocycles. The van der Waals surface area contributed by atoms with Crippen molar-refractivity contribution in [1.29, 1.82) is 0 Å². The highest BCUT2D eigenvalue weighted by atomic mass is 19.1. The Labute approximate surface area is 94.0 Å². The second-order valence-corrected chi connectivity index (χ2v) is 4.14. The van der Waals surface area contributed by atoms with Crippen molar-refractivity contribution >= 4 is 11.6 Å². The lowest BCUT2D eigenvalue weighted by molar-refractivity contribution is -0.122. The molecule has 1 aromatic carbocycles. The minimum atomic E-state index is -0.227. The van der Waals surface area contributed by atoms with Crippen LogP contribution in [0.25, 0.3) is 0 Å². The van der Waals surface area contributed by atoms with Crippen LogP contribution in [-0.4, -0.2) is 19.0 Å². The van der Waals surface area contributed by atoms with Gasteiger partial charge in [0.15, 0.2) is 0 Å². The van der Waals surface area contributed by atoms with Crippen molar-refractivity contribution in [3.8, 4) is 0 Å². The zero-order valence-electron chi connectivity index (χ0n) is 9.03. The van der Waals surface area contributed by atoms with Crippen LogP contribution in [0.2, 0.25) is 0 Å². The molecular weight excluding hydrogens is 207 g/mol. The van der Waals surface area contributed by atoms with Gasteiger partial charge in [-0.25, -0.2) is 4.39 Å². The number of rotatable bonds is 2. The molecule has 16 heavy (non-hydrogen) atoms. The van der Waals surface area contributed by atoms with Gasteiger partial charge in [-0.2, -0.15) is 0 Å². The van der Waals surface area contributed by atoms with Crippen molar-refractivity contribution in [3.05, 3.63) is 30.1 Å². The van der Waals surface area contributed by atoms with Gasteiger partial charge < -0.3 is 10.6 Å². The van der Waals surface area contributed by atoms with E-state index in [0.29, 0.717) is 0 Å². The summed E-state index contributed by atoms with van der Waals surface area (Å²) in [7, 11) is 0. The second kappa shape index (κ2) is 4.51. The number of piperidine rings is 1. The Balaban J connectivity index is 2.01. The number of nitrogens with zero attached hydrogens (tertiary/aromatic N) is 1. The van der Waals surface area contributed by atoms with Crippen molar-refractivity contribution in [2.75, 3.05) is 18.0 Å². The molecule has 4 heteroatoms. The zero-order chi connectivity index (χ0) is 11.5. The fraction of sp³-hybridized carbons (Fsp3) is 0.417. The molecule has 0 atom stereocenters. The Bertz CT molecular complexity index is 386. The van der Waals surface area contributed by atoms with Crippen LogP contribution < -0.4 is 10.6 Å². The summed E-state index contributed by atoms with van der Waals surface area (Å²) in [4.78, 5) is 13.1. The Kier molecular flexibility index (Phi) is 3.08. The van der Waals surface area contributed by atoms with E-state index in [1.54, 1.807) is 6.07 Å². The van der Waals surface area contributed by atoms with Crippen molar-refractivity contribution < 1.29 is 9.18 Å². The minimum Gasteiger partial charge on any atom is -0.371 e. The fourth-order valence-electron chi connectivity index (χ4n) is 2.10. The minimum absolute atomic E-state index is 0.0233. The van der Waals surface area contributed by atoms with Crippen molar-refractivity contribution in [3.63, 3.8) is 0 Å². The molecule has 0 radical (unpaired) electrons. The Morgan fingerprint density at radius 1 is 1.38 bits per heavy atom. The summed E-state index contributed by atoms with van der Waals surface area (Å²) in [6, 6.07) is 6.53. The molecule has 0 saturated carbocycles. The van der Waals surface area contributed by atoms with Gasteiger partial charge in [0.1, 0.15) is 5.82 Å². The lowest BCUT2D eigenvalue weighted by atomic mass is 9.96. The number of hydrogen-bond acceptors (Lipinski definition) is 2. The van der Waals surface area contributed by atoms with E-state index in [1.807, 2.05) is 6.07 Å². The van der Waals surface area contributed by atoms with Crippen LogP contribution in [0.5, 0.6) is 0 Å². The molecule has 2 rings (SSSR count). The molecule has 1 aliphatic rings.